The number of aliphatic hydroxyl groups is 2. The van der Waals surface area contributed by atoms with E-state index in [1.807, 2.05) is 84.6 Å². The van der Waals surface area contributed by atoms with Gasteiger partial charge in [-0.2, -0.15) is 0 Å². The number of hydrogen-bond acceptors (Lipinski definition) is 8. The number of halogens is 2. The number of aliphatic hydroxyl groups excluding tert-OH is 2. The van der Waals surface area contributed by atoms with Crippen LogP contribution in [0.25, 0.3) is 0 Å². The van der Waals surface area contributed by atoms with E-state index in [0.29, 0.717) is 5.56 Å². The van der Waals surface area contributed by atoms with Crippen molar-refractivity contribution < 1.29 is 28.8 Å². The zero-order valence-corrected chi connectivity index (χ0v) is 27.5. The van der Waals surface area contributed by atoms with Gasteiger partial charge in [0.1, 0.15) is 24.1 Å². The third-order valence-corrected chi connectivity index (χ3v) is 10.3. The molecule has 0 spiro atoms. The number of aromatic hydroxyl groups is 1. The van der Waals surface area contributed by atoms with Gasteiger partial charge in [0.05, 0.1) is 13.3 Å². The van der Waals surface area contributed by atoms with Crippen LogP contribution in [0.2, 0.25) is 6.82 Å². The Morgan fingerprint density at radius 2 is 1.78 bits per heavy atom. The summed E-state index contributed by atoms with van der Waals surface area (Å²) in [5.74, 6) is -2.58. The lowest BCUT2D eigenvalue weighted by Crippen LogP contribution is -2.54. The Labute approximate surface area is 287 Å². The highest BCUT2D eigenvalue weighted by Crippen LogP contribution is 2.48. The SMILES string of the molecule is CBc1ccc(CO)c(CN2CN(C3c4ccccc4SCc4c(F)c(F)cc(O)c43)n3ccc(=O)c(OCc4ccccc4)c3C2O)c1. The van der Waals surface area contributed by atoms with Gasteiger partial charge in [0.15, 0.2) is 30.9 Å². The van der Waals surface area contributed by atoms with Gasteiger partial charge in [0, 0.05) is 46.6 Å². The zero-order valence-electron chi connectivity index (χ0n) is 26.7. The first kappa shape index (κ1) is 32.9. The number of aromatic nitrogens is 1. The highest BCUT2D eigenvalue weighted by atomic mass is 32.2. The molecule has 2 aliphatic rings. The molecule has 4 aromatic carbocycles. The summed E-state index contributed by atoms with van der Waals surface area (Å²) in [7, 11) is 0.762. The molecule has 12 heteroatoms. The fourth-order valence-corrected chi connectivity index (χ4v) is 7.81. The van der Waals surface area contributed by atoms with Crippen molar-refractivity contribution in [1.82, 2.24) is 9.58 Å². The molecule has 0 amide bonds. The number of pyridine rings is 1. The number of ether oxygens (including phenoxy) is 1. The van der Waals surface area contributed by atoms with E-state index in [2.05, 4.69) is 0 Å². The average molecular weight is 682 g/mol. The van der Waals surface area contributed by atoms with Gasteiger partial charge in [-0.3, -0.25) is 14.5 Å². The molecule has 0 bridgehead atoms. The minimum atomic E-state index is -1.35. The molecular formula is C37H34BF2N3O5S. The van der Waals surface area contributed by atoms with Crippen LogP contribution in [0.5, 0.6) is 11.5 Å². The van der Waals surface area contributed by atoms with Crippen LogP contribution in [-0.4, -0.2) is 38.8 Å². The standard InChI is InChI=1S/C37H34BF2N3O5S/c1-38-25-12-11-23(18-44)24(15-25)17-41-21-43(42-14-13-29(45)36(35(42)37(41)47)48-19-22-7-3-2-4-8-22)34-26-9-5-6-10-31(26)49-20-27-32(34)30(46)16-28(39)33(27)40/h2-16,34,37-38,44,46-47H,17-21H2,1H3. The smallest absolute Gasteiger partial charge is 0.223 e. The topological polar surface area (TPSA) is 98.4 Å². The largest absolute Gasteiger partial charge is 0.507 e. The third-order valence-electron chi connectivity index (χ3n) is 9.21. The number of nitrogens with zero attached hydrogens (tertiary/aromatic N) is 3. The van der Waals surface area contributed by atoms with Crippen LogP contribution in [0.1, 0.15) is 51.3 Å². The van der Waals surface area contributed by atoms with Gasteiger partial charge >= 0.3 is 0 Å². The van der Waals surface area contributed by atoms with Gasteiger partial charge < -0.3 is 20.1 Å². The average Bonchev–Trinajstić information content (AvgIpc) is 3.29. The van der Waals surface area contributed by atoms with E-state index >= 15 is 4.39 Å². The highest BCUT2D eigenvalue weighted by molar-refractivity contribution is 7.98. The first-order chi connectivity index (χ1) is 23.8. The molecule has 8 nitrogen and oxygen atoms in total. The van der Waals surface area contributed by atoms with E-state index < -0.39 is 35.1 Å². The Bertz CT molecular complexity index is 2080. The minimum absolute atomic E-state index is 0.0257. The van der Waals surface area contributed by atoms with Crippen LogP contribution < -0.4 is 20.6 Å². The van der Waals surface area contributed by atoms with Crippen LogP contribution in [0.15, 0.2) is 101 Å². The van der Waals surface area contributed by atoms with Gasteiger partial charge in [-0.15, -0.1) is 11.8 Å². The Kier molecular flexibility index (Phi) is 9.21. The fourth-order valence-electron chi connectivity index (χ4n) is 6.70. The number of thioether (sulfide) groups is 1. The van der Waals surface area contributed by atoms with Gasteiger partial charge in [-0.1, -0.05) is 79.0 Å². The summed E-state index contributed by atoms with van der Waals surface area (Å²) in [5, 5.41) is 35.5. The summed E-state index contributed by atoms with van der Waals surface area (Å²) in [4.78, 5) is 16.1. The normalized spacial score (nSPS) is 17.1. The minimum Gasteiger partial charge on any atom is -0.507 e. The second-order valence-corrected chi connectivity index (χ2v) is 13.2. The summed E-state index contributed by atoms with van der Waals surface area (Å²) in [6.45, 7) is 2.07. The molecule has 2 aliphatic heterocycles. The molecule has 0 radical (unpaired) electrons. The van der Waals surface area contributed by atoms with E-state index in [-0.39, 0.29) is 54.8 Å². The Hall–Kier alpha value is -4.62. The van der Waals surface area contributed by atoms with Crippen LogP contribution in [0.4, 0.5) is 8.78 Å². The van der Waals surface area contributed by atoms with Crippen LogP contribution in [-0.2, 0) is 25.5 Å². The Morgan fingerprint density at radius 3 is 2.55 bits per heavy atom. The summed E-state index contributed by atoms with van der Waals surface area (Å²) in [6, 6.07) is 23.9. The molecule has 5 aromatic rings. The van der Waals surface area contributed by atoms with Gasteiger partial charge in [-0.25, -0.2) is 13.7 Å². The first-order valence-electron chi connectivity index (χ1n) is 16.0. The Morgan fingerprint density at radius 1 is 1.00 bits per heavy atom. The first-order valence-corrected chi connectivity index (χ1v) is 17.0. The van der Waals surface area contributed by atoms with Crippen LogP contribution in [0.3, 0.4) is 0 Å². The summed E-state index contributed by atoms with van der Waals surface area (Å²) in [6.07, 6.45) is 0.183. The second-order valence-electron chi connectivity index (χ2n) is 12.1. The maximum Gasteiger partial charge on any atom is 0.223 e. The molecule has 2 atom stereocenters. The predicted molar refractivity (Wildman–Crippen MR) is 186 cm³/mol. The van der Waals surface area contributed by atoms with Crippen molar-refractivity contribution >= 4 is 24.5 Å². The highest BCUT2D eigenvalue weighted by Gasteiger charge is 2.41. The fraction of sp³-hybridized carbons (Fsp3) is 0.216. The van der Waals surface area contributed by atoms with E-state index in [1.54, 1.807) is 9.58 Å². The summed E-state index contributed by atoms with van der Waals surface area (Å²) < 4.78 is 38.2. The lowest BCUT2D eigenvalue weighted by atomic mass is 9.72. The van der Waals surface area contributed by atoms with Crippen LogP contribution >= 0.6 is 11.8 Å². The van der Waals surface area contributed by atoms with Crippen molar-refractivity contribution in [2.45, 2.75) is 49.5 Å². The number of hydrogen-bond donors (Lipinski definition) is 3. The van der Waals surface area contributed by atoms with Gasteiger partial charge in [0.25, 0.3) is 0 Å². The molecule has 3 N–H and O–H groups in total. The molecule has 0 aliphatic carbocycles. The van der Waals surface area contributed by atoms with E-state index in [4.69, 9.17) is 4.74 Å². The quantitative estimate of drug-likeness (QED) is 0.201. The van der Waals surface area contributed by atoms with E-state index in [9.17, 15) is 24.5 Å². The van der Waals surface area contributed by atoms with E-state index in [1.165, 1.54) is 24.0 Å². The monoisotopic (exact) mass is 681 g/mol. The van der Waals surface area contributed by atoms with Crippen molar-refractivity contribution in [3.05, 3.63) is 152 Å². The summed E-state index contributed by atoms with van der Waals surface area (Å²) >= 11 is 1.34. The van der Waals surface area contributed by atoms with Crippen molar-refractivity contribution in [2.75, 3.05) is 11.7 Å². The van der Waals surface area contributed by atoms with Gasteiger partial charge in [0.2, 0.25) is 5.43 Å². The molecule has 2 unspecified atom stereocenters. The number of phenolic OH excluding ortho intramolecular Hbond substituents is 1. The van der Waals surface area contributed by atoms with Crippen molar-refractivity contribution in [2.24, 2.45) is 0 Å². The van der Waals surface area contributed by atoms with Gasteiger partial charge in [-0.05, 0) is 28.3 Å². The molecule has 7 rings (SSSR count). The predicted octanol–water partition coefficient (Wildman–Crippen LogP) is 4.81. The molecule has 1 aromatic heterocycles. The van der Waals surface area contributed by atoms with Crippen molar-refractivity contribution in [1.29, 1.82) is 0 Å². The summed E-state index contributed by atoms with van der Waals surface area (Å²) in [5.41, 5.74) is 3.98. The number of rotatable bonds is 8. The number of fused-ring (bicyclic) bond motifs is 3. The molecule has 0 fully saturated rings. The maximum atomic E-state index is 15.6. The molecule has 3 heterocycles. The Balaban J connectivity index is 1.44. The lowest BCUT2D eigenvalue weighted by molar-refractivity contribution is -0.0351. The van der Waals surface area contributed by atoms with Crippen LogP contribution in [0, 0.1) is 11.6 Å². The van der Waals surface area contributed by atoms with Crippen molar-refractivity contribution in [3.63, 3.8) is 0 Å². The number of phenols is 1. The molecule has 0 saturated carbocycles. The molecule has 49 heavy (non-hydrogen) atoms. The molecule has 250 valence electrons. The molecular weight excluding hydrogens is 647 g/mol. The van der Waals surface area contributed by atoms with E-state index in [0.717, 1.165) is 40.4 Å². The third kappa shape index (κ3) is 6.10. The lowest BCUT2D eigenvalue weighted by Gasteiger charge is -2.47. The maximum absolute atomic E-state index is 15.6. The zero-order chi connectivity index (χ0) is 34.2. The number of benzene rings is 4. The van der Waals surface area contributed by atoms with Crippen molar-refractivity contribution in [3.8, 4) is 11.5 Å². The second kappa shape index (κ2) is 13.7. The molecule has 0 saturated heterocycles.